The van der Waals surface area contributed by atoms with Gasteiger partial charge in [-0.3, -0.25) is 14.9 Å². The standard InChI is InChI=1S/C24H28F2N2O3/c1-14(2)13-19(22(27)29)28-20(21(25)26)17-5-3-15(4-6-17)16-7-9-18(10-8-16)24(11-12-24)23(30)31/h3-10,14,19-21,28H,11-13H2,1-2H3,(H2,27,29)(H,30,31)/t19-,20-/m0/s1. The molecule has 0 saturated heterocycles. The molecule has 0 unspecified atom stereocenters. The minimum Gasteiger partial charge on any atom is -0.481 e. The Morgan fingerprint density at radius 2 is 1.55 bits per heavy atom. The van der Waals surface area contributed by atoms with Crippen LogP contribution in [0, 0.1) is 5.92 Å². The van der Waals surface area contributed by atoms with Gasteiger partial charge < -0.3 is 10.8 Å². The van der Waals surface area contributed by atoms with Crippen LogP contribution in [0.5, 0.6) is 0 Å². The van der Waals surface area contributed by atoms with E-state index in [1.54, 1.807) is 24.3 Å². The van der Waals surface area contributed by atoms with Crippen molar-refractivity contribution in [3.05, 3.63) is 59.7 Å². The summed E-state index contributed by atoms with van der Waals surface area (Å²) >= 11 is 0. The lowest BCUT2D eigenvalue weighted by molar-refractivity contribution is -0.140. The Morgan fingerprint density at radius 1 is 1.03 bits per heavy atom. The molecule has 0 spiro atoms. The second kappa shape index (κ2) is 9.14. The molecule has 3 rings (SSSR count). The van der Waals surface area contributed by atoms with E-state index in [0.29, 0.717) is 24.8 Å². The third-order valence-corrected chi connectivity index (χ3v) is 5.88. The molecule has 4 N–H and O–H groups in total. The Hall–Kier alpha value is -2.80. The molecular weight excluding hydrogens is 402 g/mol. The number of nitrogens with two attached hydrogens (primary N) is 1. The van der Waals surface area contributed by atoms with E-state index in [1.165, 1.54) is 0 Å². The molecule has 0 radical (unpaired) electrons. The lowest BCUT2D eigenvalue weighted by Gasteiger charge is -2.25. The van der Waals surface area contributed by atoms with Gasteiger partial charge in [-0.2, -0.15) is 0 Å². The van der Waals surface area contributed by atoms with Gasteiger partial charge in [0.2, 0.25) is 5.91 Å². The summed E-state index contributed by atoms with van der Waals surface area (Å²) in [4.78, 5) is 23.2. The lowest BCUT2D eigenvalue weighted by atomic mass is 9.93. The number of aliphatic carboxylic acids is 1. The smallest absolute Gasteiger partial charge is 0.314 e. The molecule has 7 heteroatoms. The van der Waals surface area contributed by atoms with E-state index in [-0.39, 0.29) is 5.92 Å². The molecule has 2 aromatic carbocycles. The number of benzene rings is 2. The highest BCUT2D eigenvalue weighted by Crippen LogP contribution is 2.48. The van der Waals surface area contributed by atoms with Crippen LogP contribution in [-0.4, -0.2) is 29.5 Å². The molecule has 0 bridgehead atoms. The minimum absolute atomic E-state index is 0.129. The molecule has 1 amide bonds. The highest BCUT2D eigenvalue weighted by molar-refractivity contribution is 5.85. The molecule has 2 aromatic rings. The van der Waals surface area contributed by atoms with Crippen molar-refractivity contribution < 1.29 is 23.5 Å². The third kappa shape index (κ3) is 5.10. The molecule has 1 saturated carbocycles. The Bertz CT molecular complexity index is 923. The molecule has 1 aliphatic rings. The first-order valence-corrected chi connectivity index (χ1v) is 10.4. The normalized spacial score (nSPS) is 16.8. The molecule has 0 heterocycles. The van der Waals surface area contributed by atoms with Crippen molar-refractivity contribution in [1.82, 2.24) is 5.32 Å². The molecule has 5 nitrogen and oxygen atoms in total. The van der Waals surface area contributed by atoms with Gasteiger partial charge in [0, 0.05) is 0 Å². The first-order valence-electron chi connectivity index (χ1n) is 10.4. The zero-order chi connectivity index (χ0) is 22.8. The average Bonchev–Trinajstić information content (AvgIpc) is 3.53. The highest BCUT2D eigenvalue weighted by atomic mass is 19.3. The van der Waals surface area contributed by atoms with Crippen LogP contribution < -0.4 is 11.1 Å². The quantitative estimate of drug-likeness (QED) is 0.525. The highest BCUT2D eigenvalue weighted by Gasteiger charge is 2.51. The zero-order valence-electron chi connectivity index (χ0n) is 17.6. The van der Waals surface area contributed by atoms with E-state index < -0.39 is 35.8 Å². The fourth-order valence-electron chi connectivity index (χ4n) is 3.88. The van der Waals surface area contributed by atoms with E-state index in [2.05, 4.69) is 5.32 Å². The van der Waals surface area contributed by atoms with Crippen LogP contribution in [0.3, 0.4) is 0 Å². The number of carbonyl (C=O) groups is 2. The molecule has 2 atom stereocenters. The lowest BCUT2D eigenvalue weighted by Crippen LogP contribution is -2.45. The number of rotatable bonds is 10. The second-order valence-electron chi connectivity index (χ2n) is 8.65. The Balaban J connectivity index is 1.77. The fourth-order valence-corrected chi connectivity index (χ4v) is 3.88. The molecular formula is C24H28F2N2O3. The van der Waals surface area contributed by atoms with Gasteiger partial charge in [0.1, 0.15) is 0 Å². The van der Waals surface area contributed by atoms with Gasteiger partial charge in [-0.15, -0.1) is 0 Å². The van der Waals surface area contributed by atoms with Gasteiger partial charge >= 0.3 is 5.97 Å². The number of nitrogens with one attached hydrogen (secondary N) is 1. The summed E-state index contributed by atoms with van der Waals surface area (Å²) in [6, 6.07) is 11.9. The number of primary amides is 1. The Morgan fingerprint density at radius 3 is 1.94 bits per heavy atom. The van der Waals surface area contributed by atoms with E-state index in [4.69, 9.17) is 5.73 Å². The van der Waals surface area contributed by atoms with Gasteiger partial charge in [0.25, 0.3) is 6.43 Å². The van der Waals surface area contributed by atoms with Crippen LogP contribution in [0.2, 0.25) is 0 Å². The van der Waals surface area contributed by atoms with E-state index in [0.717, 1.165) is 16.7 Å². The maximum Gasteiger partial charge on any atom is 0.314 e. The van der Waals surface area contributed by atoms with Crippen molar-refractivity contribution >= 4 is 11.9 Å². The predicted molar refractivity (Wildman–Crippen MR) is 115 cm³/mol. The van der Waals surface area contributed by atoms with Crippen LogP contribution in [-0.2, 0) is 15.0 Å². The summed E-state index contributed by atoms with van der Waals surface area (Å²) in [7, 11) is 0. The third-order valence-electron chi connectivity index (χ3n) is 5.88. The van der Waals surface area contributed by atoms with Crippen molar-refractivity contribution in [1.29, 1.82) is 0 Å². The molecule has 1 fully saturated rings. The molecule has 166 valence electrons. The SMILES string of the molecule is CC(C)C[C@H](N[C@@H](c1ccc(-c2ccc(C3(C(=O)O)CC3)cc2)cc1)C(F)F)C(N)=O. The number of halogens is 2. The minimum atomic E-state index is -2.70. The number of hydrogen-bond acceptors (Lipinski definition) is 3. The Kier molecular flexibility index (Phi) is 6.74. The van der Waals surface area contributed by atoms with Crippen molar-refractivity contribution in [3.63, 3.8) is 0 Å². The van der Waals surface area contributed by atoms with Gasteiger partial charge in [0.15, 0.2) is 0 Å². The molecule has 1 aliphatic carbocycles. The summed E-state index contributed by atoms with van der Waals surface area (Å²) in [6.45, 7) is 3.80. The molecule has 0 aliphatic heterocycles. The summed E-state index contributed by atoms with van der Waals surface area (Å²) in [5, 5.41) is 12.1. The van der Waals surface area contributed by atoms with Crippen LogP contribution in [0.25, 0.3) is 11.1 Å². The van der Waals surface area contributed by atoms with Crippen molar-refractivity contribution in [2.45, 2.75) is 57.0 Å². The summed E-state index contributed by atoms with van der Waals surface area (Å²) in [6.07, 6.45) is -1.05. The van der Waals surface area contributed by atoms with Gasteiger partial charge in [0.05, 0.1) is 17.5 Å². The summed E-state index contributed by atoms with van der Waals surface area (Å²) < 4.78 is 27.5. The maximum absolute atomic E-state index is 13.7. The maximum atomic E-state index is 13.7. The van der Waals surface area contributed by atoms with Crippen LogP contribution in [0.4, 0.5) is 8.78 Å². The number of amides is 1. The van der Waals surface area contributed by atoms with Crippen LogP contribution in [0.15, 0.2) is 48.5 Å². The van der Waals surface area contributed by atoms with Gasteiger partial charge in [-0.05, 0) is 47.4 Å². The average molecular weight is 430 g/mol. The van der Waals surface area contributed by atoms with Crippen LogP contribution in [0.1, 0.15) is 50.3 Å². The van der Waals surface area contributed by atoms with Crippen molar-refractivity contribution in [3.8, 4) is 11.1 Å². The van der Waals surface area contributed by atoms with Gasteiger partial charge in [-0.25, -0.2) is 8.78 Å². The number of hydrogen-bond donors (Lipinski definition) is 3. The number of carboxylic acids is 1. The summed E-state index contributed by atoms with van der Waals surface area (Å²) in [5.74, 6) is -1.32. The zero-order valence-corrected chi connectivity index (χ0v) is 17.6. The first-order chi connectivity index (χ1) is 14.6. The number of carbonyl (C=O) groups excluding carboxylic acids is 1. The van der Waals surface area contributed by atoms with E-state index in [9.17, 15) is 23.5 Å². The monoisotopic (exact) mass is 430 g/mol. The van der Waals surface area contributed by atoms with E-state index >= 15 is 0 Å². The number of alkyl halides is 2. The van der Waals surface area contributed by atoms with E-state index in [1.807, 2.05) is 38.1 Å². The fraction of sp³-hybridized carbons (Fsp3) is 0.417. The van der Waals surface area contributed by atoms with Crippen molar-refractivity contribution in [2.75, 3.05) is 0 Å². The van der Waals surface area contributed by atoms with Gasteiger partial charge in [-0.1, -0.05) is 62.4 Å². The second-order valence-corrected chi connectivity index (χ2v) is 8.65. The Labute approximate surface area is 180 Å². The van der Waals surface area contributed by atoms with Crippen molar-refractivity contribution in [2.24, 2.45) is 11.7 Å². The predicted octanol–water partition coefficient (Wildman–Crippen LogP) is 4.27. The first kappa shape index (κ1) is 22.9. The number of carboxylic acid groups (broad SMARTS) is 1. The topological polar surface area (TPSA) is 92.4 Å². The molecule has 0 aromatic heterocycles. The van der Waals surface area contributed by atoms with Crippen LogP contribution >= 0.6 is 0 Å². The molecule has 31 heavy (non-hydrogen) atoms. The summed E-state index contributed by atoms with van der Waals surface area (Å²) in [5.41, 5.74) is 7.49. The largest absolute Gasteiger partial charge is 0.481 e.